The van der Waals surface area contributed by atoms with Crippen LogP contribution < -0.4 is 10.6 Å². The first-order valence-electron chi connectivity index (χ1n) is 6.23. The molecule has 1 nitrogen and oxygen atoms in total. The zero-order chi connectivity index (χ0) is 12.6. The van der Waals surface area contributed by atoms with E-state index in [1.54, 1.807) is 0 Å². The summed E-state index contributed by atoms with van der Waals surface area (Å²) in [5, 5.41) is 4.01. The fourth-order valence-electron chi connectivity index (χ4n) is 2.60. The van der Waals surface area contributed by atoms with Crippen molar-refractivity contribution >= 4 is 23.1 Å². The molecule has 1 aromatic heterocycles. The molecule has 1 heterocycles. The van der Waals surface area contributed by atoms with E-state index >= 15 is 0 Å². The summed E-state index contributed by atoms with van der Waals surface area (Å²) in [7, 11) is 0. The minimum Gasteiger partial charge on any atom is -0.335 e. The number of rotatable bonds is 0. The van der Waals surface area contributed by atoms with Gasteiger partial charge in [-0.1, -0.05) is 30.4 Å². The molecule has 0 amide bonds. The summed E-state index contributed by atoms with van der Waals surface area (Å²) in [6.07, 6.45) is 4.42. The number of para-hydroxylation sites is 1. The SMILES string of the molecule is C/C=c1\c(=C/C)n(C(C)(C)C)c2ccccc12. The van der Waals surface area contributed by atoms with Crippen LogP contribution >= 0.6 is 0 Å². The Balaban J connectivity index is 3.13. The fourth-order valence-corrected chi connectivity index (χ4v) is 2.60. The highest BCUT2D eigenvalue weighted by Crippen LogP contribution is 2.18. The molecule has 0 radical (unpaired) electrons. The van der Waals surface area contributed by atoms with Gasteiger partial charge in [-0.25, -0.2) is 0 Å². The summed E-state index contributed by atoms with van der Waals surface area (Å²) in [4.78, 5) is 0. The third-order valence-corrected chi connectivity index (χ3v) is 3.18. The molecule has 0 saturated heterocycles. The van der Waals surface area contributed by atoms with Crippen molar-refractivity contribution in [3.8, 4) is 0 Å². The van der Waals surface area contributed by atoms with Crippen molar-refractivity contribution < 1.29 is 0 Å². The predicted molar refractivity (Wildman–Crippen MR) is 76.5 cm³/mol. The standard InChI is InChI=1S/C16H21N/c1-6-12-13-10-8-9-11-15(13)17(14(12)7-2)16(3,4)5/h6-11H,1-5H3/b12-6-,14-7+. The van der Waals surface area contributed by atoms with Crippen molar-refractivity contribution in [3.63, 3.8) is 0 Å². The summed E-state index contributed by atoms with van der Waals surface area (Å²) in [6.45, 7) is 11.0. The van der Waals surface area contributed by atoms with Gasteiger partial charge in [-0.2, -0.15) is 0 Å². The highest BCUT2D eigenvalue weighted by molar-refractivity contribution is 5.82. The lowest BCUT2D eigenvalue weighted by Gasteiger charge is -2.23. The monoisotopic (exact) mass is 227 g/mol. The molecule has 0 saturated carbocycles. The van der Waals surface area contributed by atoms with Crippen molar-refractivity contribution in [1.82, 2.24) is 4.57 Å². The van der Waals surface area contributed by atoms with E-state index in [1.165, 1.54) is 21.5 Å². The molecule has 0 atom stereocenters. The van der Waals surface area contributed by atoms with Crippen LogP contribution in [-0.2, 0) is 5.54 Å². The van der Waals surface area contributed by atoms with Crippen LogP contribution in [0.15, 0.2) is 24.3 Å². The minimum atomic E-state index is 0.0999. The van der Waals surface area contributed by atoms with Crippen molar-refractivity contribution in [1.29, 1.82) is 0 Å². The first kappa shape index (κ1) is 12.0. The van der Waals surface area contributed by atoms with Crippen LogP contribution in [0.5, 0.6) is 0 Å². The van der Waals surface area contributed by atoms with Crippen LogP contribution in [0.4, 0.5) is 0 Å². The summed E-state index contributed by atoms with van der Waals surface area (Å²) in [6, 6.07) is 8.64. The summed E-state index contributed by atoms with van der Waals surface area (Å²) in [5.74, 6) is 0. The second-order valence-electron chi connectivity index (χ2n) is 5.40. The third kappa shape index (κ3) is 1.80. The zero-order valence-electron chi connectivity index (χ0n) is 11.4. The zero-order valence-corrected chi connectivity index (χ0v) is 11.4. The molecule has 1 aromatic carbocycles. The van der Waals surface area contributed by atoms with E-state index in [2.05, 4.69) is 75.6 Å². The largest absolute Gasteiger partial charge is 0.335 e. The molecule has 0 aliphatic carbocycles. The smallest absolute Gasteiger partial charge is 0.0496 e. The van der Waals surface area contributed by atoms with Crippen molar-refractivity contribution in [3.05, 3.63) is 34.8 Å². The molecular weight excluding hydrogens is 206 g/mol. The molecule has 2 rings (SSSR count). The van der Waals surface area contributed by atoms with E-state index in [9.17, 15) is 0 Å². The Morgan fingerprint density at radius 3 is 2.18 bits per heavy atom. The Morgan fingerprint density at radius 2 is 1.65 bits per heavy atom. The van der Waals surface area contributed by atoms with E-state index in [4.69, 9.17) is 0 Å². The molecule has 0 aliphatic rings. The fraction of sp³-hybridized carbons (Fsp3) is 0.375. The lowest BCUT2D eigenvalue weighted by molar-refractivity contribution is 0.401. The average Bonchev–Trinajstić information content (AvgIpc) is 2.61. The molecule has 90 valence electrons. The molecule has 0 aliphatic heterocycles. The second kappa shape index (κ2) is 4.06. The summed E-state index contributed by atoms with van der Waals surface area (Å²) >= 11 is 0. The number of nitrogens with zero attached hydrogens (tertiary/aromatic N) is 1. The van der Waals surface area contributed by atoms with E-state index in [-0.39, 0.29) is 5.54 Å². The van der Waals surface area contributed by atoms with Gasteiger partial charge in [-0.05, 0) is 40.7 Å². The number of aromatic nitrogens is 1. The van der Waals surface area contributed by atoms with E-state index in [0.717, 1.165) is 0 Å². The van der Waals surface area contributed by atoms with Crippen LogP contribution in [0.3, 0.4) is 0 Å². The molecule has 1 heteroatoms. The first-order valence-corrected chi connectivity index (χ1v) is 6.23. The maximum atomic E-state index is 2.43. The van der Waals surface area contributed by atoms with E-state index in [1.807, 2.05) is 0 Å². The number of hydrogen-bond acceptors (Lipinski definition) is 0. The van der Waals surface area contributed by atoms with Gasteiger partial charge in [-0.3, -0.25) is 0 Å². The third-order valence-electron chi connectivity index (χ3n) is 3.18. The Hall–Kier alpha value is -1.50. The van der Waals surface area contributed by atoms with Crippen molar-refractivity contribution in [2.75, 3.05) is 0 Å². The number of hydrogen-bond donors (Lipinski definition) is 0. The molecule has 0 fully saturated rings. The van der Waals surface area contributed by atoms with Crippen LogP contribution in [0.25, 0.3) is 23.1 Å². The average molecular weight is 227 g/mol. The maximum Gasteiger partial charge on any atom is 0.0496 e. The van der Waals surface area contributed by atoms with E-state index < -0.39 is 0 Å². The van der Waals surface area contributed by atoms with Gasteiger partial charge in [0.05, 0.1) is 0 Å². The molecule has 17 heavy (non-hydrogen) atoms. The number of fused-ring (bicyclic) bond motifs is 1. The van der Waals surface area contributed by atoms with Crippen LogP contribution in [-0.4, -0.2) is 4.57 Å². The highest BCUT2D eigenvalue weighted by Gasteiger charge is 2.17. The van der Waals surface area contributed by atoms with Crippen LogP contribution in [0.1, 0.15) is 34.6 Å². The molecule has 0 N–H and O–H groups in total. The van der Waals surface area contributed by atoms with Gasteiger partial charge in [0, 0.05) is 27.0 Å². The van der Waals surface area contributed by atoms with Gasteiger partial charge >= 0.3 is 0 Å². The second-order valence-corrected chi connectivity index (χ2v) is 5.40. The Bertz CT molecular complexity index is 651. The maximum absolute atomic E-state index is 2.43. The normalized spacial score (nSPS) is 14.9. The quantitative estimate of drug-likeness (QED) is 0.652. The molecule has 0 unspecified atom stereocenters. The van der Waals surface area contributed by atoms with Crippen LogP contribution in [0.2, 0.25) is 0 Å². The molecule has 0 spiro atoms. The Labute approximate surface area is 103 Å². The molecule has 2 aromatic rings. The van der Waals surface area contributed by atoms with Gasteiger partial charge in [0.2, 0.25) is 0 Å². The van der Waals surface area contributed by atoms with Crippen molar-refractivity contribution in [2.24, 2.45) is 0 Å². The molecule has 0 bridgehead atoms. The van der Waals surface area contributed by atoms with Gasteiger partial charge < -0.3 is 4.57 Å². The topological polar surface area (TPSA) is 4.93 Å². The lowest BCUT2D eigenvalue weighted by atomic mass is 10.1. The predicted octanol–water partition coefficient (Wildman–Crippen LogP) is 3.00. The van der Waals surface area contributed by atoms with Gasteiger partial charge in [0.15, 0.2) is 0 Å². The van der Waals surface area contributed by atoms with Gasteiger partial charge in [-0.15, -0.1) is 0 Å². The lowest BCUT2D eigenvalue weighted by Crippen LogP contribution is -2.37. The highest BCUT2D eigenvalue weighted by atomic mass is 15.0. The summed E-state index contributed by atoms with van der Waals surface area (Å²) in [5.41, 5.74) is 1.42. The van der Waals surface area contributed by atoms with Gasteiger partial charge in [0.25, 0.3) is 0 Å². The Kier molecular flexibility index (Phi) is 2.86. The summed E-state index contributed by atoms with van der Waals surface area (Å²) < 4.78 is 2.43. The minimum absolute atomic E-state index is 0.0999. The molecular formula is C16H21N. The number of benzene rings is 1. The van der Waals surface area contributed by atoms with E-state index in [0.29, 0.717) is 0 Å². The Morgan fingerprint density at radius 1 is 1.00 bits per heavy atom. The van der Waals surface area contributed by atoms with Crippen LogP contribution in [0, 0.1) is 0 Å². The van der Waals surface area contributed by atoms with Gasteiger partial charge in [0.1, 0.15) is 0 Å². The van der Waals surface area contributed by atoms with Crippen molar-refractivity contribution in [2.45, 2.75) is 40.2 Å². The first-order chi connectivity index (χ1) is 8.00.